The molecule has 0 aromatic carbocycles. The molecule has 2 fully saturated rings. The minimum Gasteiger partial charge on any atom is -0.384 e. The minimum atomic E-state index is 0.330. The van der Waals surface area contributed by atoms with Crippen LogP contribution in [0.4, 0.5) is 5.82 Å². The summed E-state index contributed by atoms with van der Waals surface area (Å²) >= 11 is 0. The zero-order valence-electron chi connectivity index (χ0n) is 11.1. The van der Waals surface area contributed by atoms with Crippen molar-refractivity contribution >= 4 is 11.6 Å². The van der Waals surface area contributed by atoms with Crippen LogP contribution in [-0.2, 0) is 11.2 Å². The van der Waals surface area contributed by atoms with Crippen LogP contribution in [0.15, 0.2) is 18.3 Å². The van der Waals surface area contributed by atoms with Gasteiger partial charge in [0, 0.05) is 31.1 Å². The summed E-state index contributed by atoms with van der Waals surface area (Å²) in [6.07, 6.45) is 7.79. The van der Waals surface area contributed by atoms with E-state index in [9.17, 15) is 4.79 Å². The van der Waals surface area contributed by atoms with Crippen molar-refractivity contribution in [1.29, 1.82) is 0 Å². The molecule has 0 spiro atoms. The Morgan fingerprint density at radius 1 is 1.37 bits per heavy atom. The van der Waals surface area contributed by atoms with Crippen molar-refractivity contribution in [2.75, 3.05) is 5.73 Å². The van der Waals surface area contributed by atoms with E-state index in [2.05, 4.69) is 10.3 Å². The Morgan fingerprint density at radius 3 is 2.79 bits per heavy atom. The number of carbonyl (C=O) groups is 1. The van der Waals surface area contributed by atoms with Crippen LogP contribution < -0.4 is 11.1 Å². The first-order valence-electron chi connectivity index (χ1n) is 7.17. The van der Waals surface area contributed by atoms with Gasteiger partial charge in [0.2, 0.25) is 0 Å². The quantitative estimate of drug-likeness (QED) is 0.863. The average molecular weight is 259 g/mol. The second-order valence-electron chi connectivity index (χ2n) is 5.98. The zero-order valence-corrected chi connectivity index (χ0v) is 11.1. The highest BCUT2D eigenvalue weighted by atomic mass is 16.1. The lowest BCUT2D eigenvalue weighted by Gasteiger charge is -2.28. The van der Waals surface area contributed by atoms with Gasteiger partial charge in [0.05, 0.1) is 0 Å². The maximum Gasteiger partial charge on any atom is 0.137 e. The second kappa shape index (κ2) is 5.29. The molecule has 2 saturated heterocycles. The molecular formula is C15H21N3O. The van der Waals surface area contributed by atoms with Crippen molar-refractivity contribution in [3.63, 3.8) is 0 Å². The largest absolute Gasteiger partial charge is 0.384 e. The molecule has 2 aliphatic rings. The van der Waals surface area contributed by atoms with Crippen molar-refractivity contribution in [3.05, 3.63) is 23.9 Å². The number of nitrogens with one attached hydrogen (secondary N) is 1. The molecule has 2 bridgehead atoms. The molecule has 1 aromatic rings. The highest BCUT2D eigenvalue weighted by Gasteiger charge is 2.33. The Balaban J connectivity index is 1.54. The minimum absolute atomic E-state index is 0.330. The maximum atomic E-state index is 12.1. The number of nitrogen functional groups attached to an aromatic ring is 1. The Labute approximate surface area is 113 Å². The molecule has 2 unspecified atom stereocenters. The standard InChI is InChI=1S/C15H21N3O/c16-15-9-10(3-4-17-15)7-14(19)8-11-5-12-1-2-13(6-11)18-12/h3-4,9,11-13,18H,1-2,5-8H2,(H2,16,17). The molecule has 102 valence electrons. The van der Waals surface area contributed by atoms with Crippen LogP contribution in [-0.4, -0.2) is 22.9 Å². The van der Waals surface area contributed by atoms with Gasteiger partial charge in [-0.05, 0) is 49.3 Å². The van der Waals surface area contributed by atoms with E-state index in [0.29, 0.717) is 36.0 Å². The first-order chi connectivity index (χ1) is 9.19. The molecule has 3 rings (SSSR count). The van der Waals surface area contributed by atoms with Gasteiger partial charge in [-0.1, -0.05) is 0 Å². The SMILES string of the molecule is Nc1cc(CC(=O)CC2CC3CCC(C2)N3)ccn1. The summed E-state index contributed by atoms with van der Waals surface area (Å²) in [4.78, 5) is 16.1. The predicted octanol–water partition coefficient (Wildman–Crippen LogP) is 1.70. The van der Waals surface area contributed by atoms with E-state index in [-0.39, 0.29) is 0 Å². The molecule has 0 aliphatic carbocycles. The topological polar surface area (TPSA) is 68.0 Å². The molecule has 3 N–H and O–H groups in total. The lowest BCUT2D eigenvalue weighted by molar-refractivity contribution is -0.119. The average Bonchev–Trinajstić information content (AvgIpc) is 2.68. The van der Waals surface area contributed by atoms with Gasteiger partial charge >= 0.3 is 0 Å². The fraction of sp³-hybridized carbons (Fsp3) is 0.600. The molecule has 4 nitrogen and oxygen atoms in total. The highest BCUT2D eigenvalue weighted by molar-refractivity contribution is 5.81. The first kappa shape index (κ1) is 12.6. The van der Waals surface area contributed by atoms with Crippen LogP contribution in [0.5, 0.6) is 0 Å². The Kier molecular flexibility index (Phi) is 3.51. The number of pyridine rings is 1. The number of nitrogens with two attached hydrogens (primary N) is 1. The number of aromatic nitrogens is 1. The number of anilines is 1. The molecule has 4 heteroatoms. The Bertz CT molecular complexity index is 462. The van der Waals surface area contributed by atoms with Gasteiger partial charge in [0.25, 0.3) is 0 Å². The molecule has 19 heavy (non-hydrogen) atoms. The predicted molar refractivity (Wildman–Crippen MR) is 74.6 cm³/mol. The van der Waals surface area contributed by atoms with Gasteiger partial charge in [0.1, 0.15) is 11.6 Å². The van der Waals surface area contributed by atoms with Crippen LogP contribution in [0.3, 0.4) is 0 Å². The summed E-state index contributed by atoms with van der Waals surface area (Å²) < 4.78 is 0. The lowest BCUT2D eigenvalue weighted by atomic mass is 9.87. The van der Waals surface area contributed by atoms with E-state index in [4.69, 9.17) is 5.73 Å². The van der Waals surface area contributed by atoms with Crippen molar-refractivity contribution in [3.8, 4) is 0 Å². The summed E-state index contributed by atoms with van der Waals surface area (Å²) in [5.41, 5.74) is 6.61. The second-order valence-corrected chi connectivity index (χ2v) is 5.98. The Morgan fingerprint density at radius 2 is 2.11 bits per heavy atom. The number of fused-ring (bicyclic) bond motifs is 2. The van der Waals surface area contributed by atoms with Gasteiger partial charge in [-0.25, -0.2) is 4.98 Å². The van der Waals surface area contributed by atoms with E-state index in [1.807, 2.05) is 6.07 Å². The number of rotatable bonds is 4. The van der Waals surface area contributed by atoms with Crippen LogP contribution in [0, 0.1) is 5.92 Å². The first-order valence-corrected chi connectivity index (χ1v) is 7.17. The van der Waals surface area contributed by atoms with Crippen molar-refractivity contribution in [1.82, 2.24) is 10.3 Å². The highest BCUT2D eigenvalue weighted by Crippen LogP contribution is 2.32. The summed E-state index contributed by atoms with van der Waals surface area (Å²) in [5.74, 6) is 1.40. The van der Waals surface area contributed by atoms with Crippen LogP contribution in [0.1, 0.15) is 37.7 Å². The normalized spacial score (nSPS) is 29.4. The number of hydrogen-bond donors (Lipinski definition) is 2. The van der Waals surface area contributed by atoms with Crippen LogP contribution in [0.2, 0.25) is 0 Å². The van der Waals surface area contributed by atoms with Crippen molar-refractivity contribution in [2.45, 2.75) is 50.6 Å². The van der Waals surface area contributed by atoms with Crippen molar-refractivity contribution in [2.24, 2.45) is 5.92 Å². The number of nitrogens with zero attached hydrogens (tertiary/aromatic N) is 1. The molecule has 0 amide bonds. The third-order valence-corrected chi connectivity index (χ3v) is 4.33. The summed E-state index contributed by atoms with van der Waals surface area (Å²) in [5, 5.41) is 3.61. The number of ketones is 1. The van der Waals surface area contributed by atoms with Gasteiger partial charge in [-0.2, -0.15) is 0 Å². The van der Waals surface area contributed by atoms with E-state index in [1.54, 1.807) is 12.3 Å². The van der Waals surface area contributed by atoms with Crippen LogP contribution >= 0.6 is 0 Å². The smallest absolute Gasteiger partial charge is 0.137 e. The third-order valence-electron chi connectivity index (χ3n) is 4.33. The number of carbonyl (C=O) groups excluding carboxylic acids is 1. The summed E-state index contributed by atoms with van der Waals surface area (Å²) in [6.45, 7) is 0. The van der Waals surface area contributed by atoms with E-state index in [0.717, 1.165) is 12.0 Å². The number of Topliss-reactive ketones (excluding diaryl/α,β-unsaturated/α-hetero) is 1. The fourth-order valence-corrected chi connectivity index (χ4v) is 3.57. The molecule has 0 saturated carbocycles. The summed E-state index contributed by atoms with van der Waals surface area (Å²) in [7, 11) is 0. The van der Waals surface area contributed by atoms with E-state index in [1.165, 1.54) is 25.7 Å². The zero-order chi connectivity index (χ0) is 13.2. The molecule has 1 aromatic heterocycles. The molecule has 0 radical (unpaired) electrons. The maximum absolute atomic E-state index is 12.1. The van der Waals surface area contributed by atoms with Crippen LogP contribution in [0.25, 0.3) is 0 Å². The summed E-state index contributed by atoms with van der Waals surface area (Å²) in [6, 6.07) is 4.99. The lowest BCUT2D eigenvalue weighted by Crippen LogP contribution is -2.38. The van der Waals surface area contributed by atoms with Gasteiger partial charge in [-0.3, -0.25) is 4.79 Å². The molecular weight excluding hydrogens is 238 g/mol. The molecule has 3 heterocycles. The third kappa shape index (κ3) is 3.13. The van der Waals surface area contributed by atoms with E-state index >= 15 is 0 Å². The number of piperidine rings is 1. The van der Waals surface area contributed by atoms with Gasteiger partial charge in [0.15, 0.2) is 0 Å². The van der Waals surface area contributed by atoms with Gasteiger partial charge < -0.3 is 11.1 Å². The molecule has 2 atom stereocenters. The Hall–Kier alpha value is -1.42. The van der Waals surface area contributed by atoms with Gasteiger partial charge in [-0.15, -0.1) is 0 Å². The van der Waals surface area contributed by atoms with Crippen molar-refractivity contribution < 1.29 is 4.79 Å². The number of hydrogen-bond acceptors (Lipinski definition) is 4. The van der Waals surface area contributed by atoms with E-state index < -0.39 is 0 Å². The fourth-order valence-electron chi connectivity index (χ4n) is 3.57. The molecule has 2 aliphatic heterocycles. The monoisotopic (exact) mass is 259 g/mol.